The first-order valence-electron chi connectivity index (χ1n) is 8.69. The highest BCUT2D eigenvalue weighted by Gasteiger charge is 2.24. The van der Waals surface area contributed by atoms with Gasteiger partial charge in [0.25, 0.3) is 10.0 Å². The van der Waals surface area contributed by atoms with Crippen LogP contribution in [0.4, 0.5) is 20.3 Å². The van der Waals surface area contributed by atoms with Gasteiger partial charge in [0.15, 0.2) is 5.82 Å². The highest BCUT2D eigenvalue weighted by molar-refractivity contribution is 7.92. The number of hydrogen-bond donors (Lipinski definition) is 2. The van der Waals surface area contributed by atoms with Crippen molar-refractivity contribution in [1.82, 2.24) is 4.98 Å². The number of fused-ring (bicyclic) bond motifs is 1. The number of sulfonamides is 1. The molecular formula is C20H14ClF2N3O3S2. The third-order valence-electron chi connectivity index (χ3n) is 4.54. The number of nitrogens with two attached hydrogens (primary N) is 1. The van der Waals surface area contributed by atoms with Gasteiger partial charge in [-0.1, -0.05) is 23.7 Å². The van der Waals surface area contributed by atoms with Gasteiger partial charge >= 0.3 is 0 Å². The van der Waals surface area contributed by atoms with Crippen LogP contribution in [0.2, 0.25) is 5.02 Å². The van der Waals surface area contributed by atoms with Gasteiger partial charge in [0.1, 0.15) is 22.3 Å². The van der Waals surface area contributed by atoms with E-state index in [2.05, 4.69) is 9.71 Å². The van der Waals surface area contributed by atoms with E-state index in [1.807, 2.05) is 0 Å². The molecule has 2 heterocycles. The molecule has 0 saturated heterocycles. The Morgan fingerprint density at radius 3 is 2.71 bits per heavy atom. The monoisotopic (exact) mass is 481 g/mol. The molecular weight excluding hydrogens is 468 g/mol. The predicted molar refractivity (Wildman–Crippen MR) is 118 cm³/mol. The lowest BCUT2D eigenvalue weighted by Gasteiger charge is -2.13. The normalized spacial score (nSPS) is 11.6. The molecule has 0 bridgehead atoms. The maximum Gasteiger partial charge on any atom is 0.264 e. The predicted octanol–water partition coefficient (Wildman–Crippen LogP) is 5.29. The van der Waals surface area contributed by atoms with Gasteiger partial charge in [-0.2, -0.15) is 0 Å². The molecule has 4 rings (SSSR count). The topological polar surface area (TPSA) is 94.3 Å². The fraction of sp³-hybridized carbons (Fsp3) is 0.0500. The molecule has 0 amide bonds. The Labute approximate surface area is 185 Å². The van der Waals surface area contributed by atoms with Crippen molar-refractivity contribution in [3.8, 4) is 16.9 Å². The molecule has 3 N–H and O–H groups in total. The number of nitrogens with one attached hydrogen (secondary N) is 1. The minimum absolute atomic E-state index is 0.0261. The molecule has 0 radical (unpaired) electrons. The van der Waals surface area contributed by atoms with Gasteiger partial charge in [-0.15, -0.1) is 11.3 Å². The van der Waals surface area contributed by atoms with Crippen molar-refractivity contribution in [2.75, 3.05) is 17.6 Å². The van der Waals surface area contributed by atoms with Crippen LogP contribution in [0.5, 0.6) is 5.75 Å². The van der Waals surface area contributed by atoms with Crippen molar-refractivity contribution < 1.29 is 21.9 Å². The number of pyridine rings is 1. The standard InChI is InChI=1S/C20H14ClF2N3O3S2/c1-29-15-8-13(22)17(7-12(15)21)31(27,28)26-14-4-2-3-10(19(14)23)11-9-30-16-5-6-25-20(24)18(11)16/h2-9,26H,1H3,(H2,24,25). The van der Waals surface area contributed by atoms with Crippen LogP contribution in [0, 0.1) is 11.6 Å². The Morgan fingerprint density at radius 1 is 1.19 bits per heavy atom. The molecule has 6 nitrogen and oxygen atoms in total. The van der Waals surface area contributed by atoms with E-state index in [0.717, 1.165) is 16.8 Å². The highest BCUT2D eigenvalue weighted by Crippen LogP contribution is 2.39. The van der Waals surface area contributed by atoms with Crippen LogP contribution in [0.15, 0.2) is 52.9 Å². The summed E-state index contributed by atoms with van der Waals surface area (Å²) in [6.45, 7) is 0. The zero-order valence-electron chi connectivity index (χ0n) is 15.8. The van der Waals surface area contributed by atoms with Crippen molar-refractivity contribution >= 4 is 54.6 Å². The molecule has 0 aliphatic heterocycles. The van der Waals surface area contributed by atoms with Crippen molar-refractivity contribution in [3.63, 3.8) is 0 Å². The number of nitrogens with zero attached hydrogens (tertiary/aromatic N) is 1. The number of thiophene rings is 1. The summed E-state index contributed by atoms with van der Waals surface area (Å²) in [5.41, 5.74) is 6.20. The number of benzene rings is 2. The molecule has 160 valence electrons. The smallest absolute Gasteiger partial charge is 0.264 e. The number of ether oxygens (including phenoxy) is 1. The number of methoxy groups -OCH3 is 1. The van der Waals surface area contributed by atoms with E-state index >= 15 is 4.39 Å². The number of hydrogen-bond acceptors (Lipinski definition) is 6. The second-order valence-electron chi connectivity index (χ2n) is 6.41. The third kappa shape index (κ3) is 3.78. The van der Waals surface area contributed by atoms with Crippen molar-refractivity contribution in [1.29, 1.82) is 0 Å². The van der Waals surface area contributed by atoms with E-state index in [1.54, 1.807) is 17.6 Å². The fourth-order valence-corrected chi connectivity index (χ4v) is 5.51. The summed E-state index contributed by atoms with van der Waals surface area (Å²) in [5, 5.41) is 2.17. The summed E-state index contributed by atoms with van der Waals surface area (Å²) in [4.78, 5) is 3.30. The maximum absolute atomic E-state index is 15.3. The zero-order chi connectivity index (χ0) is 22.3. The SMILES string of the molecule is COc1cc(F)c(S(=O)(=O)Nc2cccc(-c3csc4ccnc(N)c34)c2F)cc1Cl. The lowest BCUT2D eigenvalue weighted by molar-refractivity contribution is 0.410. The largest absolute Gasteiger partial charge is 0.495 e. The van der Waals surface area contributed by atoms with Gasteiger partial charge in [-0.3, -0.25) is 4.72 Å². The maximum atomic E-state index is 15.3. The summed E-state index contributed by atoms with van der Waals surface area (Å²) in [7, 11) is -3.22. The second kappa shape index (κ2) is 7.95. The Kier molecular flexibility index (Phi) is 5.46. The summed E-state index contributed by atoms with van der Waals surface area (Å²) < 4.78 is 62.9. The minimum Gasteiger partial charge on any atom is -0.495 e. The summed E-state index contributed by atoms with van der Waals surface area (Å²) >= 11 is 7.28. The first-order valence-corrected chi connectivity index (χ1v) is 11.4. The number of nitrogen functional groups attached to an aromatic ring is 1. The van der Waals surface area contributed by atoms with Crippen LogP contribution in [-0.2, 0) is 10.0 Å². The first-order chi connectivity index (χ1) is 14.7. The molecule has 4 aromatic rings. The first kappa shape index (κ1) is 21.3. The summed E-state index contributed by atoms with van der Waals surface area (Å²) in [5.74, 6) is -1.72. The molecule has 0 fully saturated rings. The Morgan fingerprint density at radius 2 is 1.97 bits per heavy atom. The molecule has 0 saturated carbocycles. The van der Waals surface area contributed by atoms with Crippen molar-refractivity contribution in [2.45, 2.75) is 4.90 Å². The van der Waals surface area contributed by atoms with Gasteiger partial charge < -0.3 is 10.5 Å². The number of aromatic nitrogens is 1. The molecule has 2 aromatic carbocycles. The van der Waals surface area contributed by atoms with Gasteiger partial charge in [-0.25, -0.2) is 22.2 Å². The lowest BCUT2D eigenvalue weighted by atomic mass is 10.0. The molecule has 2 aromatic heterocycles. The van der Waals surface area contributed by atoms with Gasteiger partial charge in [0, 0.05) is 38.9 Å². The highest BCUT2D eigenvalue weighted by atomic mass is 35.5. The Hall–Kier alpha value is -2.95. The van der Waals surface area contributed by atoms with Gasteiger partial charge in [-0.05, 0) is 18.2 Å². The quantitative estimate of drug-likeness (QED) is 0.404. The van der Waals surface area contributed by atoms with E-state index in [0.29, 0.717) is 10.9 Å². The van der Waals surface area contributed by atoms with Crippen LogP contribution in [0.3, 0.4) is 0 Å². The number of anilines is 2. The van der Waals surface area contributed by atoms with Crippen LogP contribution in [-0.4, -0.2) is 20.5 Å². The average Bonchev–Trinajstić information content (AvgIpc) is 3.16. The van der Waals surface area contributed by atoms with Crippen molar-refractivity contribution in [3.05, 3.63) is 64.6 Å². The second-order valence-corrected chi connectivity index (χ2v) is 9.38. The Bertz CT molecular complexity index is 1420. The molecule has 0 aliphatic rings. The van der Waals surface area contributed by atoms with E-state index in [-0.39, 0.29) is 27.8 Å². The van der Waals surface area contributed by atoms with Crippen molar-refractivity contribution in [2.24, 2.45) is 0 Å². The fourth-order valence-electron chi connectivity index (χ4n) is 3.10. The van der Waals surface area contributed by atoms with Gasteiger partial charge in [0.2, 0.25) is 0 Å². The number of rotatable bonds is 5. The molecule has 0 unspecified atom stereocenters. The van der Waals surface area contributed by atoms with E-state index in [1.165, 1.54) is 36.6 Å². The lowest BCUT2D eigenvalue weighted by Crippen LogP contribution is -2.16. The third-order valence-corrected chi connectivity index (χ3v) is 7.17. The molecule has 0 spiro atoms. The molecule has 31 heavy (non-hydrogen) atoms. The summed E-state index contributed by atoms with van der Waals surface area (Å²) in [6, 6.07) is 7.70. The van der Waals surface area contributed by atoms with Crippen LogP contribution < -0.4 is 15.2 Å². The molecule has 0 atom stereocenters. The Balaban J connectivity index is 1.78. The average molecular weight is 482 g/mol. The van der Waals surface area contributed by atoms with Crippen LogP contribution in [0.25, 0.3) is 21.2 Å². The zero-order valence-corrected chi connectivity index (χ0v) is 18.2. The van der Waals surface area contributed by atoms with E-state index in [9.17, 15) is 12.8 Å². The van der Waals surface area contributed by atoms with E-state index < -0.39 is 26.6 Å². The van der Waals surface area contributed by atoms with E-state index in [4.69, 9.17) is 22.1 Å². The number of halogens is 3. The van der Waals surface area contributed by atoms with Crippen LogP contribution >= 0.6 is 22.9 Å². The van der Waals surface area contributed by atoms with Gasteiger partial charge in [0.05, 0.1) is 17.8 Å². The molecule has 0 aliphatic carbocycles. The summed E-state index contributed by atoms with van der Waals surface area (Å²) in [6.07, 6.45) is 1.55. The minimum atomic E-state index is -4.49. The van der Waals surface area contributed by atoms with Crippen LogP contribution in [0.1, 0.15) is 0 Å². The molecule has 11 heteroatoms.